The van der Waals surface area contributed by atoms with Crippen LogP contribution in [0.3, 0.4) is 0 Å². The molecule has 0 saturated carbocycles. The monoisotopic (exact) mass is 288 g/mol. The zero-order valence-electron chi connectivity index (χ0n) is 13.3. The van der Waals surface area contributed by atoms with E-state index >= 15 is 0 Å². The van der Waals surface area contributed by atoms with Gasteiger partial charge in [0.05, 0.1) is 0 Å². The Morgan fingerprint density at radius 1 is 1.19 bits per heavy atom. The summed E-state index contributed by atoms with van der Waals surface area (Å²) < 4.78 is 0. The Morgan fingerprint density at radius 2 is 1.76 bits per heavy atom. The second-order valence-electron chi connectivity index (χ2n) is 6.13. The molecule has 1 saturated heterocycles. The molecule has 0 spiro atoms. The Hall–Kier alpha value is -1.84. The highest BCUT2D eigenvalue weighted by Gasteiger charge is 2.48. The van der Waals surface area contributed by atoms with E-state index in [0.717, 1.165) is 18.4 Å². The zero-order chi connectivity index (χ0) is 15.7. The second kappa shape index (κ2) is 5.51. The molecule has 1 atom stereocenters. The lowest BCUT2D eigenvalue weighted by Gasteiger charge is -2.48. The Labute approximate surface area is 126 Å². The minimum Gasteiger partial charge on any atom is -0.337 e. The first-order valence-electron chi connectivity index (χ1n) is 7.56. The van der Waals surface area contributed by atoms with Gasteiger partial charge in [-0.2, -0.15) is 0 Å². The smallest absolute Gasteiger partial charge is 0.253 e. The topological polar surface area (TPSA) is 49.4 Å². The minimum atomic E-state index is -0.984. The summed E-state index contributed by atoms with van der Waals surface area (Å²) in [7, 11) is 0. The van der Waals surface area contributed by atoms with Crippen molar-refractivity contribution in [3.8, 4) is 0 Å². The highest BCUT2D eigenvalue weighted by Crippen LogP contribution is 2.33. The number of nitrogens with one attached hydrogen (secondary N) is 1. The third-order valence-electron chi connectivity index (χ3n) is 4.89. The molecule has 2 rings (SSSR count). The van der Waals surface area contributed by atoms with E-state index in [1.54, 1.807) is 11.8 Å². The number of rotatable bonds is 4. The van der Waals surface area contributed by atoms with Crippen LogP contribution >= 0.6 is 0 Å². The summed E-state index contributed by atoms with van der Waals surface area (Å²) in [6, 6.07) is 9.45. The van der Waals surface area contributed by atoms with E-state index in [4.69, 9.17) is 0 Å². The van der Waals surface area contributed by atoms with Crippen molar-refractivity contribution in [2.24, 2.45) is 0 Å². The maximum absolute atomic E-state index is 13.1. The van der Waals surface area contributed by atoms with Crippen LogP contribution < -0.4 is 5.32 Å². The van der Waals surface area contributed by atoms with Gasteiger partial charge in [-0.1, -0.05) is 44.2 Å². The maximum atomic E-state index is 13.1. The SMILES string of the molecule is CCC(C)(CC)N1CC(=O)NC(C)(c2ccccc2)C1=O. The predicted molar refractivity (Wildman–Crippen MR) is 82.6 cm³/mol. The molecule has 1 unspecified atom stereocenters. The third-order valence-corrected chi connectivity index (χ3v) is 4.89. The van der Waals surface area contributed by atoms with Crippen LogP contribution in [0, 0.1) is 0 Å². The molecule has 4 nitrogen and oxygen atoms in total. The molecule has 1 aliphatic heterocycles. The zero-order valence-corrected chi connectivity index (χ0v) is 13.3. The van der Waals surface area contributed by atoms with Gasteiger partial charge in [-0.25, -0.2) is 0 Å². The van der Waals surface area contributed by atoms with Crippen LogP contribution in [-0.4, -0.2) is 28.8 Å². The molecule has 1 fully saturated rings. The van der Waals surface area contributed by atoms with Crippen molar-refractivity contribution in [3.05, 3.63) is 35.9 Å². The fraction of sp³-hybridized carbons (Fsp3) is 0.529. The van der Waals surface area contributed by atoms with Gasteiger partial charge in [0, 0.05) is 5.54 Å². The molecule has 1 N–H and O–H groups in total. The Kier molecular flexibility index (Phi) is 4.08. The molecular weight excluding hydrogens is 264 g/mol. The molecular formula is C17H24N2O2. The fourth-order valence-corrected chi connectivity index (χ4v) is 2.89. The van der Waals surface area contributed by atoms with Crippen LogP contribution in [-0.2, 0) is 15.1 Å². The lowest BCUT2D eigenvalue weighted by molar-refractivity contribution is -0.156. The van der Waals surface area contributed by atoms with Gasteiger partial charge in [-0.15, -0.1) is 0 Å². The summed E-state index contributed by atoms with van der Waals surface area (Å²) >= 11 is 0. The van der Waals surface area contributed by atoms with Crippen LogP contribution in [0.4, 0.5) is 0 Å². The fourth-order valence-electron chi connectivity index (χ4n) is 2.89. The normalized spacial score (nSPS) is 23.1. The maximum Gasteiger partial charge on any atom is 0.253 e. The van der Waals surface area contributed by atoms with Crippen LogP contribution in [0.2, 0.25) is 0 Å². The number of hydrogen-bond donors (Lipinski definition) is 1. The van der Waals surface area contributed by atoms with Gasteiger partial charge in [-0.3, -0.25) is 9.59 Å². The van der Waals surface area contributed by atoms with E-state index in [0.29, 0.717) is 0 Å². The third kappa shape index (κ3) is 2.55. The lowest BCUT2D eigenvalue weighted by Crippen LogP contribution is -2.67. The van der Waals surface area contributed by atoms with Crippen molar-refractivity contribution in [1.29, 1.82) is 0 Å². The van der Waals surface area contributed by atoms with Gasteiger partial charge in [-0.05, 0) is 32.3 Å². The predicted octanol–water partition coefficient (Wildman–Crippen LogP) is 2.44. The number of nitrogens with zero attached hydrogens (tertiary/aromatic N) is 1. The molecule has 0 aromatic heterocycles. The van der Waals surface area contributed by atoms with E-state index in [-0.39, 0.29) is 23.9 Å². The minimum absolute atomic E-state index is 0.0282. The number of hydrogen-bond acceptors (Lipinski definition) is 2. The average Bonchev–Trinajstić information content (AvgIpc) is 2.51. The van der Waals surface area contributed by atoms with Crippen molar-refractivity contribution < 1.29 is 9.59 Å². The number of benzene rings is 1. The van der Waals surface area contributed by atoms with E-state index in [1.165, 1.54) is 0 Å². The number of piperazine rings is 1. The highest BCUT2D eigenvalue weighted by atomic mass is 16.2. The number of carbonyl (C=O) groups is 2. The summed E-state index contributed by atoms with van der Waals surface area (Å²) in [5.41, 5.74) is -0.449. The molecule has 2 amide bonds. The van der Waals surface area contributed by atoms with Gasteiger partial charge in [0.25, 0.3) is 5.91 Å². The molecule has 114 valence electrons. The molecule has 21 heavy (non-hydrogen) atoms. The molecule has 1 aromatic rings. The summed E-state index contributed by atoms with van der Waals surface area (Å²) in [6.07, 6.45) is 1.65. The summed E-state index contributed by atoms with van der Waals surface area (Å²) in [5.74, 6) is -0.131. The summed E-state index contributed by atoms with van der Waals surface area (Å²) in [6.45, 7) is 8.10. The molecule has 0 radical (unpaired) electrons. The van der Waals surface area contributed by atoms with Gasteiger partial charge in [0.2, 0.25) is 5.91 Å². The summed E-state index contributed by atoms with van der Waals surface area (Å²) in [5, 5.41) is 2.88. The van der Waals surface area contributed by atoms with Crippen LogP contribution in [0.1, 0.15) is 46.1 Å². The van der Waals surface area contributed by atoms with Crippen molar-refractivity contribution in [2.45, 2.75) is 51.6 Å². The lowest BCUT2D eigenvalue weighted by atomic mass is 9.84. The van der Waals surface area contributed by atoms with Crippen LogP contribution in [0.25, 0.3) is 0 Å². The van der Waals surface area contributed by atoms with Gasteiger partial charge in [0.15, 0.2) is 0 Å². The Morgan fingerprint density at radius 3 is 2.29 bits per heavy atom. The molecule has 4 heteroatoms. The first-order valence-corrected chi connectivity index (χ1v) is 7.56. The second-order valence-corrected chi connectivity index (χ2v) is 6.13. The molecule has 1 aliphatic rings. The first kappa shape index (κ1) is 15.5. The summed E-state index contributed by atoms with van der Waals surface area (Å²) in [4.78, 5) is 27.0. The van der Waals surface area contributed by atoms with Crippen molar-refractivity contribution in [1.82, 2.24) is 10.2 Å². The first-order chi connectivity index (χ1) is 9.87. The van der Waals surface area contributed by atoms with Gasteiger partial charge >= 0.3 is 0 Å². The molecule has 1 heterocycles. The van der Waals surface area contributed by atoms with E-state index in [1.807, 2.05) is 30.3 Å². The van der Waals surface area contributed by atoms with Crippen molar-refractivity contribution in [3.63, 3.8) is 0 Å². The average molecular weight is 288 g/mol. The Bertz CT molecular complexity index is 537. The highest BCUT2D eigenvalue weighted by molar-refractivity contribution is 5.98. The standard InChI is InChI=1S/C17H24N2O2/c1-5-16(3,6-2)19-12-14(20)18-17(4,15(19)21)13-10-8-7-9-11-13/h7-11H,5-6,12H2,1-4H3,(H,18,20). The molecule has 0 bridgehead atoms. The van der Waals surface area contributed by atoms with E-state index in [2.05, 4.69) is 26.1 Å². The van der Waals surface area contributed by atoms with E-state index in [9.17, 15) is 9.59 Å². The number of amides is 2. The van der Waals surface area contributed by atoms with Crippen LogP contribution in [0.5, 0.6) is 0 Å². The van der Waals surface area contributed by atoms with E-state index < -0.39 is 5.54 Å². The largest absolute Gasteiger partial charge is 0.337 e. The van der Waals surface area contributed by atoms with Gasteiger partial charge in [0.1, 0.15) is 12.1 Å². The Balaban J connectivity index is 2.45. The van der Waals surface area contributed by atoms with Gasteiger partial charge < -0.3 is 10.2 Å². The molecule has 1 aromatic carbocycles. The number of carbonyl (C=O) groups excluding carboxylic acids is 2. The van der Waals surface area contributed by atoms with Crippen molar-refractivity contribution in [2.75, 3.05) is 6.54 Å². The van der Waals surface area contributed by atoms with Crippen molar-refractivity contribution >= 4 is 11.8 Å². The van der Waals surface area contributed by atoms with Crippen LogP contribution in [0.15, 0.2) is 30.3 Å². The quantitative estimate of drug-likeness (QED) is 0.925. The molecule has 0 aliphatic carbocycles.